The number of carbonyl (C=O) groups is 1. The van der Waals surface area contributed by atoms with E-state index in [9.17, 15) is 4.79 Å². The van der Waals surface area contributed by atoms with Crippen molar-refractivity contribution in [2.24, 2.45) is 0 Å². The zero-order valence-corrected chi connectivity index (χ0v) is 19.6. The molecular formula is C29H38O3. The molecule has 0 saturated heterocycles. The van der Waals surface area contributed by atoms with Gasteiger partial charge in [-0.05, 0) is 55.0 Å². The normalized spacial score (nSPS) is 15.0. The molecule has 0 N–H and O–H groups in total. The summed E-state index contributed by atoms with van der Waals surface area (Å²) in [4.78, 5) is 11.4. The summed E-state index contributed by atoms with van der Waals surface area (Å²) in [5.74, 6) is 1.04. The first-order chi connectivity index (χ1) is 15.7. The number of fused-ring (bicyclic) bond motifs is 2. The van der Waals surface area contributed by atoms with Gasteiger partial charge in [-0.2, -0.15) is 0 Å². The van der Waals surface area contributed by atoms with Crippen LogP contribution < -0.4 is 9.47 Å². The van der Waals surface area contributed by atoms with E-state index in [-0.39, 0.29) is 6.10 Å². The summed E-state index contributed by atoms with van der Waals surface area (Å²) in [5.41, 5.74) is 3.50. The average molecular weight is 435 g/mol. The van der Waals surface area contributed by atoms with E-state index in [2.05, 4.69) is 31.7 Å². The maximum absolute atomic E-state index is 11.4. The quantitative estimate of drug-likeness (QED) is 0.138. The Morgan fingerprint density at radius 1 is 1.00 bits per heavy atom. The SMILES string of the molecule is C=CC(=O)Oc1ccc(-c2ccc3cc2OC(CCCCCCCCCCC)CC3)cc1. The van der Waals surface area contributed by atoms with Gasteiger partial charge >= 0.3 is 5.97 Å². The van der Waals surface area contributed by atoms with Crippen LogP contribution in [0.3, 0.4) is 0 Å². The Morgan fingerprint density at radius 2 is 1.69 bits per heavy atom. The number of hydrogen-bond donors (Lipinski definition) is 0. The molecule has 2 aromatic rings. The smallest absolute Gasteiger partial charge is 0.335 e. The molecule has 2 bridgehead atoms. The Kier molecular flexibility index (Phi) is 9.87. The third kappa shape index (κ3) is 7.55. The maximum atomic E-state index is 11.4. The molecule has 1 aliphatic heterocycles. The van der Waals surface area contributed by atoms with E-state index < -0.39 is 5.97 Å². The molecule has 0 radical (unpaired) electrons. The summed E-state index contributed by atoms with van der Waals surface area (Å²) in [6.45, 7) is 5.71. The van der Waals surface area contributed by atoms with Gasteiger partial charge in [-0.25, -0.2) is 4.79 Å². The fraction of sp³-hybridized carbons (Fsp3) is 0.483. The van der Waals surface area contributed by atoms with Crippen LogP contribution in [-0.2, 0) is 11.2 Å². The molecule has 1 heterocycles. The van der Waals surface area contributed by atoms with E-state index in [1.165, 1.54) is 69.4 Å². The predicted octanol–water partition coefficient (Wildman–Crippen LogP) is 8.06. The van der Waals surface area contributed by atoms with Gasteiger partial charge < -0.3 is 9.47 Å². The van der Waals surface area contributed by atoms with Crippen LogP contribution in [0.1, 0.15) is 83.1 Å². The summed E-state index contributed by atoms with van der Waals surface area (Å²) in [6, 6.07) is 14.1. The Morgan fingerprint density at radius 3 is 2.38 bits per heavy atom. The zero-order valence-electron chi connectivity index (χ0n) is 19.6. The Balaban J connectivity index is 1.50. The lowest BCUT2D eigenvalue weighted by atomic mass is 10.0. The van der Waals surface area contributed by atoms with E-state index >= 15 is 0 Å². The van der Waals surface area contributed by atoms with Gasteiger partial charge in [-0.15, -0.1) is 0 Å². The lowest BCUT2D eigenvalue weighted by Gasteiger charge is -2.18. The maximum Gasteiger partial charge on any atom is 0.335 e. The minimum Gasteiger partial charge on any atom is -0.490 e. The molecule has 0 aromatic heterocycles. The van der Waals surface area contributed by atoms with Crippen LogP contribution in [0.25, 0.3) is 11.1 Å². The number of unbranched alkanes of at least 4 members (excludes halogenated alkanes) is 8. The summed E-state index contributed by atoms with van der Waals surface area (Å²) in [6.07, 6.45) is 16.9. The van der Waals surface area contributed by atoms with Gasteiger partial charge in [-0.3, -0.25) is 0 Å². The molecule has 1 unspecified atom stereocenters. The molecular weight excluding hydrogens is 396 g/mol. The third-order valence-electron chi connectivity index (χ3n) is 6.27. The highest BCUT2D eigenvalue weighted by Gasteiger charge is 2.19. The molecule has 3 heteroatoms. The Labute approximate surface area is 193 Å². The molecule has 0 aliphatic carbocycles. The third-order valence-corrected chi connectivity index (χ3v) is 6.27. The van der Waals surface area contributed by atoms with Crippen molar-refractivity contribution in [3.05, 3.63) is 60.7 Å². The molecule has 32 heavy (non-hydrogen) atoms. The Bertz CT molecular complexity index is 853. The lowest BCUT2D eigenvalue weighted by molar-refractivity contribution is -0.128. The summed E-state index contributed by atoms with van der Waals surface area (Å²) in [7, 11) is 0. The van der Waals surface area contributed by atoms with Gasteiger partial charge in [0, 0.05) is 11.6 Å². The monoisotopic (exact) mass is 434 g/mol. The highest BCUT2D eigenvalue weighted by atomic mass is 16.5. The van der Waals surface area contributed by atoms with Crippen LogP contribution in [0.4, 0.5) is 0 Å². The molecule has 2 aromatic carbocycles. The minimum absolute atomic E-state index is 0.283. The first kappa shape index (κ1) is 24.1. The van der Waals surface area contributed by atoms with E-state index in [1.54, 1.807) is 0 Å². The van der Waals surface area contributed by atoms with Crippen molar-refractivity contribution in [2.75, 3.05) is 0 Å². The molecule has 1 aliphatic rings. The second kappa shape index (κ2) is 13.1. The molecule has 0 spiro atoms. The molecule has 172 valence electrons. The van der Waals surface area contributed by atoms with Crippen molar-refractivity contribution >= 4 is 5.97 Å². The summed E-state index contributed by atoms with van der Waals surface area (Å²) < 4.78 is 11.7. The molecule has 0 saturated carbocycles. The zero-order chi connectivity index (χ0) is 22.6. The first-order valence-corrected chi connectivity index (χ1v) is 12.4. The number of aryl methyl sites for hydroxylation is 1. The van der Waals surface area contributed by atoms with Gasteiger partial charge in [0.15, 0.2) is 0 Å². The number of benzene rings is 2. The van der Waals surface area contributed by atoms with Crippen LogP contribution in [0.5, 0.6) is 11.5 Å². The fourth-order valence-corrected chi connectivity index (χ4v) is 4.37. The molecule has 1 atom stereocenters. The largest absolute Gasteiger partial charge is 0.490 e. The standard InChI is InChI=1S/C29H38O3/c1-3-5-6-7-8-9-10-11-12-13-25-18-14-23-15-21-27(28(22-23)31-25)24-16-19-26(20-17-24)32-29(30)4-2/h4,15-17,19-22,25H,2-3,5-14,18H2,1H3. The van der Waals surface area contributed by atoms with Crippen molar-refractivity contribution in [3.8, 4) is 22.6 Å². The van der Waals surface area contributed by atoms with Gasteiger partial charge in [0.1, 0.15) is 11.5 Å². The van der Waals surface area contributed by atoms with Gasteiger partial charge in [0.05, 0.1) is 6.10 Å². The number of rotatable bonds is 13. The molecule has 0 amide bonds. The van der Waals surface area contributed by atoms with E-state index in [1.807, 2.05) is 24.3 Å². The van der Waals surface area contributed by atoms with Crippen molar-refractivity contribution in [3.63, 3.8) is 0 Å². The molecule has 0 fully saturated rings. The summed E-state index contributed by atoms with van der Waals surface area (Å²) in [5, 5.41) is 0. The molecule has 3 rings (SSSR count). The number of carbonyl (C=O) groups excluding carboxylic acids is 1. The van der Waals surface area contributed by atoms with Crippen molar-refractivity contribution in [1.82, 2.24) is 0 Å². The molecule has 3 nitrogen and oxygen atoms in total. The van der Waals surface area contributed by atoms with Gasteiger partial charge in [0.2, 0.25) is 0 Å². The van der Waals surface area contributed by atoms with E-state index in [4.69, 9.17) is 9.47 Å². The van der Waals surface area contributed by atoms with E-state index in [0.29, 0.717) is 5.75 Å². The van der Waals surface area contributed by atoms with Gasteiger partial charge in [0.25, 0.3) is 0 Å². The van der Waals surface area contributed by atoms with Crippen LogP contribution in [0, 0.1) is 0 Å². The summed E-state index contributed by atoms with van der Waals surface area (Å²) >= 11 is 0. The topological polar surface area (TPSA) is 35.5 Å². The minimum atomic E-state index is -0.448. The number of esters is 1. The second-order valence-corrected chi connectivity index (χ2v) is 8.88. The Hall–Kier alpha value is -2.55. The second-order valence-electron chi connectivity index (χ2n) is 8.88. The fourth-order valence-electron chi connectivity index (χ4n) is 4.37. The van der Waals surface area contributed by atoms with E-state index in [0.717, 1.165) is 36.1 Å². The number of ether oxygens (including phenoxy) is 2. The van der Waals surface area contributed by atoms with Crippen molar-refractivity contribution < 1.29 is 14.3 Å². The van der Waals surface area contributed by atoms with Crippen molar-refractivity contribution in [2.45, 2.75) is 90.1 Å². The van der Waals surface area contributed by atoms with Crippen LogP contribution in [0.15, 0.2) is 55.1 Å². The van der Waals surface area contributed by atoms with Gasteiger partial charge in [-0.1, -0.05) is 89.1 Å². The highest BCUT2D eigenvalue weighted by Crippen LogP contribution is 2.36. The first-order valence-electron chi connectivity index (χ1n) is 12.4. The lowest BCUT2D eigenvalue weighted by Crippen LogP contribution is -2.16. The van der Waals surface area contributed by atoms with Crippen LogP contribution in [0.2, 0.25) is 0 Å². The van der Waals surface area contributed by atoms with Crippen molar-refractivity contribution in [1.29, 1.82) is 0 Å². The number of hydrogen-bond acceptors (Lipinski definition) is 3. The highest BCUT2D eigenvalue weighted by molar-refractivity contribution is 5.83. The van der Waals surface area contributed by atoms with Crippen LogP contribution in [-0.4, -0.2) is 12.1 Å². The average Bonchev–Trinajstić information content (AvgIpc) is 2.97. The predicted molar refractivity (Wildman–Crippen MR) is 132 cm³/mol. The van der Waals surface area contributed by atoms with Crippen LogP contribution >= 0.6 is 0 Å².